The Bertz CT molecular complexity index is 272. The number of Topliss-reactive ketones (excluding diaryl/α,β-unsaturated/α-hetero) is 1. The van der Waals surface area contributed by atoms with Gasteiger partial charge in [0.25, 0.3) is 0 Å². The largest absolute Gasteiger partial charge is 0.298 e. The normalized spacial score (nSPS) is 51.6. The van der Waals surface area contributed by atoms with E-state index in [-0.39, 0.29) is 15.7 Å². The van der Waals surface area contributed by atoms with E-state index in [0.29, 0.717) is 11.7 Å². The standard InChI is InChI=1S/C11H16Br2O/c1-3-11(6-12)7-4-5-10(11,2)9(14)8(7)13/h7-8H,3-6H2,1-2H3/t7-,8-,10-,11-/m0/s1. The van der Waals surface area contributed by atoms with Gasteiger partial charge in [0, 0.05) is 10.7 Å². The van der Waals surface area contributed by atoms with Crippen molar-refractivity contribution >= 4 is 37.6 Å². The zero-order valence-electron chi connectivity index (χ0n) is 8.65. The van der Waals surface area contributed by atoms with Crippen LogP contribution in [0.25, 0.3) is 0 Å². The predicted octanol–water partition coefficient (Wildman–Crippen LogP) is 3.54. The average Bonchev–Trinajstić information content (AvgIpc) is 2.56. The highest BCUT2D eigenvalue weighted by Crippen LogP contribution is 2.67. The van der Waals surface area contributed by atoms with Crippen LogP contribution < -0.4 is 0 Å². The Morgan fingerprint density at radius 2 is 2.21 bits per heavy atom. The highest BCUT2D eigenvalue weighted by atomic mass is 79.9. The molecular weight excluding hydrogens is 308 g/mol. The number of carbonyl (C=O) groups is 1. The number of carbonyl (C=O) groups excluding carboxylic acids is 1. The van der Waals surface area contributed by atoms with Crippen molar-refractivity contribution in [1.82, 2.24) is 0 Å². The molecule has 0 aromatic rings. The van der Waals surface area contributed by atoms with Gasteiger partial charge in [-0.1, -0.05) is 45.7 Å². The number of alkyl halides is 2. The molecule has 0 unspecified atom stereocenters. The van der Waals surface area contributed by atoms with Crippen LogP contribution in [0.5, 0.6) is 0 Å². The van der Waals surface area contributed by atoms with Crippen LogP contribution in [-0.4, -0.2) is 15.9 Å². The first-order valence-corrected chi connectivity index (χ1v) is 7.31. The molecule has 2 fully saturated rings. The summed E-state index contributed by atoms with van der Waals surface area (Å²) in [6.45, 7) is 4.39. The topological polar surface area (TPSA) is 17.1 Å². The third kappa shape index (κ3) is 0.986. The second-order valence-corrected chi connectivity index (χ2v) is 6.43. The van der Waals surface area contributed by atoms with Crippen LogP contribution >= 0.6 is 31.9 Å². The molecule has 2 aliphatic carbocycles. The van der Waals surface area contributed by atoms with E-state index in [2.05, 4.69) is 45.7 Å². The van der Waals surface area contributed by atoms with Crippen molar-refractivity contribution in [2.45, 2.75) is 37.9 Å². The Hall–Kier alpha value is 0.630. The number of hydrogen-bond acceptors (Lipinski definition) is 1. The first-order valence-electron chi connectivity index (χ1n) is 5.28. The Balaban J connectivity index is 2.50. The van der Waals surface area contributed by atoms with Crippen LogP contribution in [0, 0.1) is 16.7 Å². The van der Waals surface area contributed by atoms with Gasteiger partial charge in [-0.05, 0) is 30.6 Å². The molecule has 2 aliphatic rings. The van der Waals surface area contributed by atoms with Gasteiger partial charge in [0.2, 0.25) is 0 Å². The Kier molecular flexibility index (Phi) is 2.63. The van der Waals surface area contributed by atoms with E-state index in [4.69, 9.17) is 0 Å². The van der Waals surface area contributed by atoms with E-state index < -0.39 is 0 Å². The second-order valence-electron chi connectivity index (χ2n) is 4.89. The molecule has 4 atom stereocenters. The summed E-state index contributed by atoms with van der Waals surface area (Å²) in [6, 6.07) is 0. The second kappa shape index (κ2) is 3.31. The molecule has 2 saturated carbocycles. The van der Waals surface area contributed by atoms with Crippen molar-refractivity contribution in [3.63, 3.8) is 0 Å². The molecule has 0 aromatic heterocycles. The van der Waals surface area contributed by atoms with Crippen molar-refractivity contribution in [3.8, 4) is 0 Å². The molecule has 0 aromatic carbocycles. The zero-order chi connectivity index (χ0) is 10.6. The van der Waals surface area contributed by atoms with E-state index in [1.54, 1.807) is 0 Å². The molecule has 0 aliphatic heterocycles. The van der Waals surface area contributed by atoms with Crippen molar-refractivity contribution in [1.29, 1.82) is 0 Å². The quantitative estimate of drug-likeness (QED) is 0.710. The summed E-state index contributed by atoms with van der Waals surface area (Å²) in [6.07, 6.45) is 3.39. The van der Waals surface area contributed by atoms with Gasteiger partial charge in [-0.25, -0.2) is 0 Å². The van der Waals surface area contributed by atoms with Crippen LogP contribution in [0.4, 0.5) is 0 Å². The molecule has 80 valence electrons. The molecule has 0 heterocycles. The highest BCUT2D eigenvalue weighted by Gasteiger charge is 2.68. The van der Waals surface area contributed by atoms with Crippen LogP contribution in [0.1, 0.15) is 33.1 Å². The first-order chi connectivity index (χ1) is 6.53. The van der Waals surface area contributed by atoms with Gasteiger partial charge in [-0.2, -0.15) is 0 Å². The maximum Gasteiger partial charge on any atom is 0.153 e. The molecule has 0 radical (unpaired) electrons. The van der Waals surface area contributed by atoms with Crippen molar-refractivity contribution in [3.05, 3.63) is 0 Å². The van der Waals surface area contributed by atoms with Crippen molar-refractivity contribution in [2.24, 2.45) is 16.7 Å². The van der Waals surface area contributed by atoms with Crippen LogP contribution in [0.2, 0.25) is 0 Å². The van der Waals surface area contributed by atoms with Crippen LogP contribution in [-0.2, 0) is 4.79 Å². The van der Waals surface area contributed by atoms with Crippen LogP contribution in [0.3, 0.4) is 0 Å². The highest BCUT2D eigenvalue weighted by molar-refractivity contribution is 9.10. The lowest BCUT2D eigenvalue weighted by atomic mass is 9.67. The molecule has 2 rings (SSSR count). The monoisotopic (exact) mass is 322 g/mol. The SMILES string of the molecule is CC[C@]1(CBr)[C@H]2CC[C@@]1(C)C(=O)[C@H]2Br. The maximum atomic E-state index is 12.2. The van der Waals surface area contributed by atoms with Crippen molar-refractivity contribution < 1.29 is 4.79 Å². The zero-order valence-corrected chi connectivity index (χ0v) is 11.8. The molecule has 2 bridgehead atoms. The molecule has 3 heteroatoms. The number of rotatable bonds is 2. The lowest BCUT2D eigenvalue weighted by Gasteiger charge is -2.37. The Morgan fingerprint density at radius 1 is 1.57 bits per heavy atom. The van der Waals surface area contributed by atoms with E-state index in [1.807, 2.05) is 0 Å². The molecular formula is C11H16Br2O. The lowest BCUT2D eigenvalue weighted by Crippen LogP contribution is -2.38. The third-order valence-corrected chi connectivity index (χ3v) is 6.84. The van der Waals surface area contributed by atoms with E-state index in [9.17, 15) is 4.79 Å². The Morgan fingerprint density at radius 3 is 2.50 bits per heavy atom. The summed E-state index contributed by atoms with van der Waals surface area (Å²) in [4.78, 5) is 12.3. The molecule has 0 saturated heterocycles. The molecule has 0 amide bonds. The maximum absolute atomic E-state index is 12.2. The minimum atomic E-state index is -0.0793. The van der Waals surface area contributed by atoms with E-state index in [1.165, 1.54) is 6.42 Å². The van der Waals surface area contributed by atoms with E-state index in [0.717, 1.165) is 18.2 Å². The third-order valence-electron chi connectivity index (χ3n) is 4.78. The number of halogens is 2. The van der Waals surface area contributed by atoms with Crippen LogP contribution in [0.15, 0.2) is 0 Å². The molecule has 0 N–H and O–H groups in total. The van der Waals surface area contributed by atoms with Gasteiger partial charge in [-0.15, -0.1) is 0 Å². The summed E-state index contributed by atoms with van der Waals surface area (Å²) in [5, 5.41) is 0.964. The summed E-state index contributed by atoms with van der Waals surface area (Å²) >= 11 is 7.21. The number of hydrogen-bond donors (Lipinski definition) is 0. The van der Waals surface area contributed by atoms with E-state index >= 15 is 0 Å². The Labute approximate surface area is 102 Å². The summed E-state index contributed by atoms with van der Waals surface area (Å²) < 4.78 is 0. The number of fused-ring (bicyclic) bond motifs is 2. The van der Waals surface area contributed by atoms with Gasteiger partial charge in [0.05, 0.1) is 4.83 Å². The smallest absolute Gasteiger partial charge is 0.153 e. The molecule has 0 spiro atoms. The van der Waals surface area contributed by atoms with Gasteiger partial charge in [-0.3, -0.25) is 4.79 Å². The lowest BCUT2D eigenvalue weighted by molar-refractivity contribution is -0.128. The number of ketones is 1. The summed E-state index contributed by atoms with van der Waals surface area (Å²) in [5.74, 6) is 0.986. The van der Waals surface area contributed by atoms with Gasteiger partial charge < -0.3 is 0 Å². The predicted molar refractivity (Wildman–Crippen MR) is 65.1 cm³/mol. The van der Waals surface area contributed by atoms with Crippen molar-refractivity contribution in [2.75, 3.05) is 5.33 Å². The fourth-order valence-corrected chi connectivity index (χ4v) is 6.36. The minimum Gasteiger partial charge on any atom is -0.298 e. The summed E-state index contributed by atoms with van der Waals surface area (Å²) in [5.41, 5.74) is 0.127. The first kappa shape index (κ1) is 11.1. The fraction of sp³-hybridized carbons (Fsp3) is 0.909. The average molecular weight is 324 g/mol. The minimum absolute atomic E-state index is 0.0793. The van der Waals surface area contributed by atoms with Gasteiger partial charge in [0.15, 0.2) is 5.78 Å². The molecule has 14 heavy (non-hydrogen) atoms. The van der Waals surface area contributed by atoms with Gasteiger partial charge in [0.1, 0.15) is 0 Å². The fourth-order valence-electron chi connectivity index (χ4n) is 3.65. The molecule has 1 nitrogen and oxygen atoms in total. The van der Waals surface area contributed by atoms with Gasteiger partial charge >= 0.3 is 0 Å². The summed E-state index contributed by atoms with van der Waals surface area (Å²) in [7, 11) is 0.